The summed E-state index contributed by atoms with van der Waals surface area (Å²) in [5.74, 6) is -24.8. The van der Waals surface area contributed by atoms with Crippen LogP contribution in [-0.2, 0) is 26.2 Å². The molecule has 0 saturated heterocycles. The van der Waals surface area contributed by atoms with E-state index < -0.39 is 81.3 Å². The smallest absolute Gasteiger partial charge is 0.200 e. The van der Waals surface area contributed by atoms with E-state index in [2.05, 4.69) is 0 Å². The van der Waals surface area contributed by atoms with Gasteiger partial charge in [-0.1, -0.05) is 48.9 Å². The molecule has 0 aliphatic heterocycles. The van der Waals surface area contributed by atoms with Crippen LogP contribution >= 0.6 is 37.2 Å². The SMILES string of the molecule is Cc1[cH-]c2cccc(-c3ccccc3)c2c1B(c1c(F)c(F)c(F)c(F)c1F)c1c(F)c(F)c(F)c(F)c1F.Cl.Cl.Cl.[Zr]. The second kappa shape index (κ2) is 14.6. The van der Waals surface area contributed by atoms with Crippen molar-refractivity contribution in [3.8, 4) is 11.1 Å². The Hall–Kier alpha value is -2.39. The summed E-state index contributed by atoms with van der Waals surface area (Å²) in [4.78, 5) is 0. The first-order valence-corrected chi connectivity index (χ1v) is 11.2. The molecular weight excluding hydrogens is 735 g/mol. The van der Waals surface area contributed by atoms with Crippen molar-refractivity contribution in [1.82, 2.24) is 0 Å². The molecule has 0 nitrogen and oxygen atoms in total. The molecule has 0 fully saturated rings. The van der Waals surface area contributed by atoms with Crippen molar-refractivity contribution in [2.75, 3.05) is 0 Å². The van der Waals surface area contributed by atoms with Gasteiger partial charge in [0.05, 0.1) is 0 Å². The summed E-state index contributed by atoms with van der Waals surface area (Å²) >= 11 is 0. The minimum Gasteiger partial charge on any atom is -0.204 e. The van der Waals surface area contributed by atoms with Crippen LogP contribution in [0.4, 0.5) is 43.9 Å². The Morgan fingerprint density at radius 2 is 0.884 bits per heavy atom. The summed E-state index contributed by atoms with van der Waals surface area (Å²) in [5.41, 5.74) is -3.11. The summed E-state index contributed by atoms with van der Waals surface area (Å²) in [6.45, 7) is -1.32. The molecule has 0 aliphatic carbocycles. The first-order valence-electron chi connectivity index (χ1n) is 11.2. The Morgan fingerprint density at radius 1 is 0.488 bits per heavy atom. The second-order valence-corrected chi connectivity index (χ2v) is 8.78. The Labute approximate surface area is 276 Å². The Kier molecular flexibility index (Phi) is 13.1. The van der Waals surface area contributed by atoms with E-state index in [0.29, 0.717) is 16.5 Å². The van der Waals surface area contributed by atoms with Gasteiger partial charge >= 0.3 is 0 Å². The van der Waals surface area contributed by atoms with E-state index in [0.717, 1.165) is 0 Å². The molecule has 0 heterocycles. The van der Waals surface area contributed by atoms with Crippen molar-refractivity contribution in [2.24, 2.45) is 0 Å². The van der Waals surface area contributed by atoms with Gasteiger partial charge in [-0.15, -0.1) is 71.8 Å². The van der Waals surface area contributed by atoms with Crippen molar-refractivity contribution in [3.63, 3.8) is 0 Å². The summed E-state index contributed by atoms with van der Waals surface area (Å²) in [5, 5.41) is 0.376. The molecule has 0 N–H and O–H groups in total. The van der Waals surface area contributed by atoms with E-state index in [-0.39, 0.29) is 74.4 Å². The van der Waals surface area contributed by atoms with Crippen molar-refractivity contribution < 1.29 is 70.1 Å². The maximum Gasteiger partial charge on any atom is 0.200 e. The van der Waals surface area contributed by atoms with Crippen molar-refractivity contribution in [1.29, 1.82) is 0 Å². The first kappa shape index (κ1) is 38.6. The van der Waals surface area contributed by atoms with Crippen molar-refractivity contribution >= 4 is 71.1 Å². The van der Waals surface area contributed by atoms with Crippen molar-refractivity contribution in [3.05, 3.63) is 118 Å². The molecule has 0 bridgehead atoms. The van der Waals surface area contributed by atoms with Gasteiger partial charge in [0, 0.05) is 26.2 Å². The third kappa shape index (κ3) is 6.13. The van der Waals surface area contributed by atoms with Crippen LogP contribution in [0.1, 0.15) is 5.56 Å². The zero-order chi connectivity index (χ0) is 28.3. The summed E-state index contributed by atoms with van der Waals surface area (Å²) in [6.07, 6.45) is 0. The summed E-state index contributed by atoms with van der Waals surface area (Å²) in [6, 6.07) is 14.2. The van der Waals surface area contributed by atoms with Gasteiger partial charge in [0.1, 0.15) is 0 Å². The fraction of sp³-hybridized carbons (Fsp3) is 0.0357. The zero-order valence-corrected chi connectivity index (χ0v) is 26.2. The Morgan fingerprint density at radius 3 is 1.30 bits per heavy atom. The maximum absolute atomic E-state index is 15.2. The van der Waals surface area contributed by atoms with Gasteiger partial charge in [-0.3, -0.25) is 0 Å². The molecule has 0 aromatic heterocycles. The predicted octanol–water partition coefficient (Wildman–Crippen LogP) is 7.70. The minimum atomic E-state index is -2.64. The molecular formula is C28H15BCl3F10Zr-. The van der Waals surface area contributed by atoms with E-state index >= 15 is 17.6 Å². The van der Waals surface area contributed by atoms with Gasteiger partial charge in [-0.05, 0) is 16.5 Å². The second-order valence-electron chi connectivity index (χ2n) is 8.78. The molecule has 0 radical (unpaired) electrons. The van der Waals surface area contributed by atoms with Crippen LogP contribution < -0.4 is 16.4 Å². The van der Waals surface area contributed by atoms with Gasteiger partial charge in [0.25, 0.3) is 0 Å². The third-order valence-electron chi connectivity index (χ3n) is 6.60. The zero-order valence-electron chi connectivity index (χ0n) is 21.3. The topological polar surface area (TPSA) is 0 Å². The normalized spacial score (nSPS) is 10.4. The van der Waals surface area contributed by atoms with E-state index in [1.807, 2.05) is 0 Å². The van der Waals surface area contributed by atoms with Crippen LogP contribution in [0.3, 0.4) is 0 Å². The van der Waals surface area contributed by atoms with E-state index in [9.17, 15) is 26.3 Å². The minimum absolute atomic E-state index is 0. The fourth-order valence-corrected chi connectivity index (χ4v) is 4.91. The molecule has 0 spiro atoms. The maximum atomic E-state index is 15.2. The quantitative estimate of drug-likeness (QED) is 0.0582. The van der Waals surface area contributed by atoms with Crippen LogP contribution in [0, 0.1) is 65.1 Å². The molecule has 43 heavy (non-hydrogen) atoms. The summed E-state index contributed by atoms with van der Waals surface area (Å²) in [7, 11) is 0. The van der Waals surface area contributed by atoms with Gasteiger partial charge in [0.2, 0.25) is 0 Å². The standard InChI is InChI=1S/C28H12BF10.3ClH.Zr/c1-11-10-13-8-5-9-14(12-6-3-2-4-7-12)15(13)16(11)29(17-19(30)23(34)27(38)24(35)20(17)31)18-21(32)25(36)28(39)26(37)22(18)33;;;;/h2-10H,1H3;3*1H;/q-1;;;;. The fourth-order valence-electron chi connectivity index (χ4n) is 4.91. The van der Waals surface area contributed by atoms with Crippen LogP contribution in [0.2, 0.25) is 0 Å². The first-order chi connectivity index (χ1) is 18.5. The van der Waals surface area contributed by atoms with Gasteiger partial charge < -0.3 is 0 Å². The molecule has 226 valence electrons. The number of halogens is 13. The van der Waals surface area contributed by atoms with Crippen LogP contribution in [0.25, 0.3) is 21.9 Å². The molecule has 0 atom stereocenters. The van der Waals surface area contributed by atoms with E-state index in [1.165, 1.54) is 25.1 Å². The number of hydrogen-bond donors (Lipinski definition) is 0. The van der Waals surface area contributed by atoms with Crippen LogP contribution in [0.15, 0.2) is 54.6 Å². The number of hydrogen-bond acceptors (Lipinski definition) is 0. The molecule has 5 aromatic carbocycles. The monoisotopic (exact) mass is 747 g/mol. The van der Waals surface area contributed by atoms with E-state index in [1.54, 1.807) is 36.4 Å². The third-order valence-corrected chi connectivity index (χ3v) is 6.60. The molecule has 0 unspecified atom stereocenters. The molecule has 15 heteroatoms. The van der Waals surface area contributed by atoms with Gasteiger partial charge in [-0.2, -0.15) is 5.46 Å². The molecule has 5 aromatic rings. The number of benzene rings is 4. The van der Waals surface area contributed by atoms with Crippen LogP contribution in [0.5, 0.6) is 0 Å². The number of rotatable bonds is 4. The van der Waals surface area contributed by atoms with Gasteiger partial charge in [0.15, 0.2) is 64.9 Å². The molecule has 0 saturated carbocycles. The van der Waals surface area contributed by atoms with Crippen molar-refractivity contribution in [2.45, 2.75) is 6.92 Å². The number of aryl methyl sites for hydroxylation is 1. The van der Waals surface area contributed by atoms with Gasteiger partial charge in [-0.25, -0.2) is 43.9 Å². The Balaban J connectivity index is 0.00000231. The predicted molar refractivity (Wildman–Crippen MR) is 149 cm³/mol. The molecule has 0 amide bonds. The average Bonchev–Trinajstić information content (AvgIpc) is 3.28. The molecule has 0 aliphatic rings. The van der Waals surface area contributed by atoms with Crippen LogP contribution in [-0.4, -0.2) is 6.71 Å². The van der Waals surface area contributed by atoms with E-state index in [4.69, 9.17) is 0 Å². The average molecular weight is 750 g/mol. The Bertz CT molecular complexity index is 1670. The summed E-state index contributed by atoms with van der Waals surface area (Å²) < 4.78 is 146. The number of fused-ring (bicyclic) bond motifs is 1. The largest absolute Gasteiger partial charge is 0.204 e. The molecule has 5 rings (SSSR count).